The second-order valence-corrected chi connectivity index (χ2v) is 7.84. The largest absolute Gasteiger partial charge is 0.203 e. The summed E-state index contributed by atoms with van der Waals surface area (Å²) in [5.41, 5.74) is -0.346. The first-order valence-corrected chi connectivity index (χ1v) is 6.97. The van der Waals surface area contributed by atoms with Crippen molar-refractivity contribution in [2.45, 2.75) is 39.0 Å². The minimum absolute atomic E-state index is 0.173. The monoisotopic (exact) mass is 284 g/mol. The number of benzene rings is 1. The zero-order valence-electron chi connectivity index (χ0n) is 10.5. The van der Waals surface area contributed by atoms with E-state index in [0.717, 1.165) is 0 Å². The van der Waals surface area contributed by atoms with Gasteiger partial charge in [-0.05, 0) is 11.3 Å². The highest BCUT2D eigenvalue weighted by Crippen LogP contribution is 2.46. The molecule has 0 nitrogen and oxygen atoms in total. The van der Waals surface area contributed by atoms with Crippen LogP contribution in [-0.2, 0) is 0 Å². The molecule has 6 heteroatoms. The fourth-order valence-corrected chi connectivity index (χ4v) is 4.81. The van der Waals surface area contributed by atoms with E-state index in [1.807, 2.05) is 0 Å². The van der Waals surface area contributed by atoms with Crippen molar-refractivity contribution >= 4 is 13.2 Å². The molecule has 0 aliphatic heterocycles. The van der Waals surface area contributed by atoms with E-state index in [1.165, 1.54) is 0 Å². The number of rotatable bonds is 3. The SMILES string of the molecule is CC(C)P(c1c(F)c(F)c(F)c(F)c1F)C(C)C. The van der Waals surface area contributed by atoms with Crippen molar-refractivity contribution in [1.82, 2.24) is 0 Å². The highest BCUT2D eigenvalue weighted by molar-refractivity contribution is 7.66. The molecular formula is C12H14F5P. The molecule has 0 fully saturated rings. The van der Waals surface area contributed by atoms with Gasteiger partial charge in [-0.1, -0.05) is 35.6 Å². The van der Waals surface area contributed by atoms with Gasteiger partial charge in [-0.15, -0.1) is 0 Å². The summed E-state index contributed by atoms with van der Waals surface area (Å²) < 4.78 is 66.6. The predicted octanol–water partition coefficient (Wildman–Crippen LogP) is 4.31. The van der Waals surface area contributed by atoms with Crippen LogP contribution in [0.5, 0.6) is 0 Å². The van der Waals surface area contributed by atoms with Crippen LogP contribution in [0.25, 0.3) is 0 Å². The van der Waals surface area contributed by atoms with E-state index in [9.17, 15) is 22.0 Å². The van der Waals surface area contributed by atoms with Gasteiger partial charge in [-0.2, -0.15) is 0 Å². The number of hydrogen-bond acceptors (Lipinski definition) is 0. The van der Waals surface area contributed by atoms with Crippen molar-refractivity contribution in [1.29, 1.82) is 0 Å². The Morgan fingerprint density at radius 2 is 0.889 bits per heavy atom. The van der Waals surface area contributed by atoms with E-state index < -0.39 is 42.3 Å². The average molecular weight is 284 g/mol. The van der Waals surface area contributed by atoms with Gasteiger partial charge in [0.1, 0.15) is 0 Å². The summed E-state index contributed by atoms with van der Waals surface area (Å²) in [6.07, 6.45) is 0. The minimum atomic E-state index is -2.10. The van der Waals surface area contributed by atoms with Crippen LogP contribution in [0.1, 0.15) is 27.7 Å². The molecular weight excluding hydrogens is 270 g/mol. The molecule has 1 aromatic rings. The fraction of sp³-hybridized carbons (Fsp3) is 0.500. The zero-order chi connectivity index (χ0) is 14.2. The molecule has 0 aliphatic rings. The maximum Gasteiger partial charge on any atom is 0.200 e. The lowest BCUT2D eigenvalue weighted by atomic mass is 10.3. The lowest BCUT2D eigenvalue weighted by Gasteiger charge is -2.27. The van der Waals surface area contributed by atoms with Crippen LogP contribution in [0.3, 0.4) is 0 Å². The lowest BCUT2D eigenvalue weighted by molar-refractivity contribution is 0.384. The molecule has 0 unspecified atom stereocenters. The van der Waals surface area contributed by atoms with Crippen LogP contribution in [0, 0.1) is 29.1 Å². The van der Waals surface area contributed by atoms with Gasteiger partial charge < -0.3 is 0 Å². The third-order valence-corrected chi connectivity index (χ3v) is 5.69. The third-order valence-electron chi connectivity index (χ3n) is 2.56. The normalized spacial score (nSPS) is 12.0. The molecule has 0 saturated carbocycles. The molecule has 0 atom stereocenters. The van der Waals surface area contributed by atoms with Gasteiger partial charge in [0.2, 0.25) is 5.82 Å². The van der Waals surface area contributed by atoms with E-state index >= 15 is 0 Å². The van der Waals surface area contributed by atoms with Crippen LogP contribution in [0.2, 0.25) is 0 Å². The molecule has 0 aromatic heterocycles. The van der Waals surface area contributed by atoms with Gasteiger partial charge in [0, 0.05) is 0 Å². The van der Waals surface area contributed by atoms with Gasteiger partial charge in [0.05, 0.1) is 5.30 Å². The summed E-state index contributed by atoms with van der Waals surface area (Å²) in [6.45, 7) is 6.85. The first-order chi connectivity index (χ1) is 8.20. The Balaban J connectivity index is 3.58. The Kier molecular flexibility index (Phi) is 4.71. The topological polar surface area (TPSA) is 0 Å². The molecule has 1 aromatic carbocycles. The Morgan fingerprint density at radius 3 is 1.17 bits per heavy atom. The predicted molar refractivity (Wildman–Crippen MR) is 63.1 cm³/mol. The summed E-state index contributed by atoms with van der Waals surface area (Å²) in [4.78, 5) is 0. The van der Waals surface area contributed by atoms with Crippen molar-refractivity contribution in [2.24, 2.45) is 0 Å². The highest BCUT2D eigenvalue weighted by Gasteiger charge is 2.32. The average Bonchev–Trinajstić information content (AvgIpc) is 2.28. The van der Waals surface area contributed by atoms with Crippen LogP contribution in [0.4, 0.5) is 22.0 Å². The van der Waals surface area contributed by atoms with Gasteiger partial charge in [-0.25, -0.2) is 22.0 Å². The van der Waals surface area contributed by atoms with Gasteiger partial charge in [0.15, 0.2) is 23.3 Å². The van der Waals surface area contributed by atoms with Crippen molar-refractivity contribution < 1.29 is 22.0 Å². The number of hydrogen-bond donors (Lipinski definition) is 0. The summed E-state index contributed by atoms with van der Waals surface area (Å²) in [7, 11) is -1.46. The molecule has 0 amide bonds. The van der Waals surface area contributed by atoms with Gasteiger partial charge in [-0.3, -0.25) is 0 Å². The Hall–Kier alpha value is -0.700. The van der Waals surface area contributed by atoms with Crippen LogP contribution in [-0.4, -0.2) is 11.3 Å². The van der Waals surface area contributed by atoms with E-state index in [-0.39, 0.29) is 11.3 Å². The zero-order valence-corrected chi connectivity index (χ0v) is 11.4. The van der Waals surface area contributed by atoms with Gasteiger partial charge >= 0.3 is 0 Å². The summed E-state index contributed by atoms with van der Waals surface area (Å²) in [6, 6.07) is 0. The van der Waals surface area contributed by atoms with Crippen molar-refractivity contribution in [3.05, 3.63) is 29.1 Å². The minimum Gasteiger partial charge on any atom is -0.203 e. The molecule has 1 rings (SSSR count). The van der Waals surface area contributed by atoms with Crippen LogP contribution in [0.15, 0.2) is 0 Å². The van der Waals surface area contributed by atoms with Crippen LogP contribution < -0.4 is 5.30 Å². The quantitative estimate of drug-likeness (QED) is 0.336. The molecule has 0 spiro atoms. The van der Waals surface area contributed by atoms with Crippen LogP contribution >= 0.6 is 7.92 Å². The first-order valence-electron chi connectivity index (χ1n) is 5.49. The maximum absolute atomic E-state index is 13.7. The lowest BCUT2D eigenvalue weighted by Crippen LogP contribution is -2.25. The van der Waals surface area contributed by atoms with Gasteiger partial charge in [0.25, 0.3) is 0 Å². The maximum atomic E-state index is 13.7. The molecule has 0 N–H and O–H groups in total. The summed E-state index contributed by atoms with van der Waals surface area (Å²) in [5, 5.41) is -0.647. The van der Waals surface area contributed by atoms with Crippen molar-refractivity contribution in [2.75, 3.05) is 0 Å². The third kappa shape index (κ3) is 2.51. The summed E-state index contributed by atoms with van der Waals surface area (Å²) >= 11 is 0. The van der Waals surface area contributed by atoms with Crippen molar-refractivity contribution in [3.63, 3.8) is 0 Å². The number of halogens is 5. The Morgan fingerprint density at radius 1 is 0.611 bits per heavy atom. The van der Waals surface area contributed by atoms with E-state index in [2.05, 4.69) is 0 Å². The first kappa shape index (κ1) is 15.4. The van der Waals surface area contributed by atoms with E-state index in [1.54, 1.807) is 27.7 Å². The standard InChI is InChI=1S/C12H14F5P/c1-5(2)18(6(3)4)12-10(16)8(14)7(13)9(15)11(12)17/h5-6H,1-4H3. The summed E-state index contributed by atoms with van der Waals surface area (Å²) in [5.74, 6) is -9.22. The molecule has 18 heavy (non-hydrogen) atoms. The molecule has 0 heterocycles. The van der Waals surface area contributed by atoms with Crippen molar-refractivity contribution in [3.8, 4) is 0 Å². The smallest absolute Gasteiger partial charge is 0.200 e. The van der Waals surface area contributed by atoms with E-state index in [4.69, 9.17) is 0 Å². The second kappa shape index (κ2) is 5.52. The molecule has 0 aliphatic carbocycles. The molecule has 0 saturated heterocycles. The highest BCUT2D eigenvalue weighted by atomic mass is 31.1. The fourth-order valence-electron chi connectivity index (χ4n) is 1.93. The Bertz CT molecular complexity index is 419. The Labute approximate surface area is 104 Å². The van der Waals surface area contributed by atoms with E-state index in [0.29, 0.717) is 0 Å². The second-order valence-electron chi connectivity index (χ2n) is 4.51. The molecule has 102 valence electrons. The molecule has 0 bridgehead atoms. The molecule has 0 radical (unpaired) electrons.